The van der Waals surface area contributed by atoms with E-state index in [9.17, 15) is 9.18 Å². The molecule has 1 saturated carbocycles. The molecule has 2 N–H and O–H groups in total. The van der Waals surface area contributed by atoms with Gasteiger partial charge in [-0.1, -0.05) is 59.3 Å². The smallest absolute Gasteiger partial charge is 0.323 e. The standard InChI is InChI=1S/C27H29BrFN3O/c1-2-15-32(16-14-19-6-4-3-5-7-19)26-13-10-21(28)17-25(26)31-27(33)30-22-11-12-23(20-8-9-20)24(29)18-22/h3-7,10-13,17-18,20H,2,8-9,14-16H2,1H3,(H2,30,31,33). The summed E-state index contributed by atoms with van der Waals surface area (Å²) in [5.74, 6) is 0.0750. The van der Waals surface area contributed by atoms with E-state index in [1.54, 1.807) is 12.1 Å². The maximum atomic E-state index is 14.4. The Labute approximate surface area is 203 Å². The van der Waals surface area contributed by atoms with E-state index in [0.29, 0.717) is 17.3 Å². The van der Waals surface area contributed by atoms with Gasteiger partial charge in [0, 0.05) is 23.2 Å². The number of rotatable bonds is 9. The fourth-order valence-electron chi connectivity index (χ4n) is 4.03. The highest BCUT2D eigenvalue weighted by molar-refractivity contribution is 9.10. The summed E-state index contributed by atoms with van der Waals surface area (Å²) in [5, 5.41) is 5.73. The fourth-order valence-corrected chi connectivity index (χ4v) is 4.39. The van der Waals surface area contributed by atoms with E-state index in [2.05, 4.69) is 62.7 Å². The van der Waals surface area contributed by atoms with E-state index >= 15 is 0 Å². The molecular formula is C27H29BrFN3O. The van der Waals surface area contributed by atoms with Crippen LogP contribution in [-0.2, 0) is 6.42 Å². The number of nitrogens with one attached hydrogen (secondary N) is 2. The molecule has 4 nitrogen and oxygen atoms in total. The molecule has 0 bridgehead atoms. The van der Waals surface area contributed by atoms with Gasteiger partial charge in [0.25, 0.3) is 0 Å². The zero-order valence-electron chi connectivity index (χ0n) is 18.8. The van der Waals surface area contributed by atoms with Gasteiger partial charge in [-0.05, 0) is 73.1 Å². The number of hydrogen-bond acceptors (Lipinski definition) is 2. The minimum absolute atomic E-state index is 0.256. The van der Waals surface area contributed by atoms with E-state index in [1.165, 1.54) is 11.6 Å². The number of carbonyl (C=O) groups is 1. The van der Waals surface area contributed by atoms with E-state index in [1.807, 2.05) is 24.3 Å². The first-order valence-corrected chi connectivity index (χ1v) is 12.3. The molecule has 0 unspecified atom stereocenters. The molecule has 3 aromatic rings. The molecule has 0 radical (unpaired) electrons. The molecule has 172 valence electrons. The van der Waals surface area contributed by atoms with Crippen molar-refractivity contribution in [2.75, 3.05) is 28.6 Å². The van der Waals surface area contributed by atoms with Crippen LogP contribution in [0.2, 0.25) is 0 Å². The van der Waals surface area contributed by atoms with Crippen molar-refractivity contribution in [2.24, 2.45) is 0 Å². The lowest BCUT2D eigenvalue weighted by Crippen LogP contribution is -2.29. The summed E-state index contributed by atoms with van der Waals surface area (Å²) in [5.41, 5.74) is 4.13. The lowest BCUT2D eigenvalue weighted by molar-refractivity contribution is 0.262. The van der Waals surface area contributed by atoms with Crippen molar-refractivity contribution in [3.8, 4) is 0 Å². The highest BCUT2D eigenvalue weighted by Crippen LogP contribution is 2.41. The molecule has 3 aromatic carbocycles. The summed E-state index contributed by atoms with van der Waals surface area (Å²) in [6.07, 6.45) is 3.97. The Morgan fingerprint density at radius 2 is 1.82 bits per heavy atom. The van der Waals surface area contributed by atoms with E-state index < -0.39 is 6.03 Å². The van der Waals surface area contributed by atoms with Gasteiger partial charge in [-0.3, -0.25) is 0 Å². The monoisotopic (exact) mass is 509 g/mol. The molecule has 0 aliphatic heterocycles. The van der Waals surface area contributed by atoms with Crippen LogP contribution in [0, 0.1) is 5.82 Å². The van der Waals surface area contributed by atoms with Gasteiger partial charge in [0.2, 0.25) is 0 Å². The van der Waals surface area contributed by atoms with Gasteiger partial charge in [-0.15, -0.1) is 0 Å². The van der Waals surface area contributed by atoms with Crippen LogP contribution < -0.4 is 15.5 Å². The van der Waals surface area contributed by atoms with Gasteiger partial charge in [-0.25, -0.2) is 9.18 Å². The molecule has 0 heterocycles. The van der Waals surface area contributed by atoms with E-state index in [-0.39, 0.29) is 5.82 Å². The van der Waals surface area contributed by atoms with Gasteiger partial charge in [0.15, 0.2) is 0 Å². The Morgan fingerprint density at radius 1 is 1.03 bits per heavy atom. The maximum Gasteiger partial charge on any atom is 0.323 e. The normalized spacial score (nSPS) is 12.9. The maximum absolute atomic E-state index is 14.4. The third-order valence-electron chi connectivity index (χ3n) is 5.83. The Morgan fingerprint density at radius 3 is 2.52 bits per heavy atom. The van der Waals surface area contributed by atoms with Crippen LogP contribution in [0.5, 0.6) is 0 Å². The highest BCUT2D eigenvalue weighted by Gasteiger charge is 2.26. The third kappa shape index (κ3) is 6.35. The lowest BCUT2D eigenvalue weighted by Gasteiger charge is -2.27. The van der Waals surface area contributed by atoms with E-state index in [4.69, 9.17) is 0 Å². The Bertz CT molecular complexity index is 1100. The average Bonchev–Trinajstić information content (AvgIpc) is 3.63. The van der Waals surface area contributed by atoms with Crippen molar-refractivity contribution >= 4 is 39.0 Å². The molecule has 0 atom stereocenters. The summed E-state index contributed by atoms with van der Waals surface area (Å²) in [4.78, 5) is 15.1. The van der Waals surface area contributed by atoms with Gasteiger partial charge in [0.05, 0.1) is 11.4 Å². The lowest BCUT2D eigenvalue weighted by atomic mass is 10.1. The second-order valence-electron chi connectivity index (χ2n) is 8.47. The number of benzene rings is 3. The van der Waals surface area contributed by atoms with Crippen LogP contribution >= 0.6 is 15.9 Å². The number of nitrogens with zero attached hydrogens (tertiary/aromatic N) is 1. The predicted molar refractivity (Wildman–Crippen MR) is 138 cm³/mol. The molecule has 0 spiro atoms. The van der Waals surface area contributed by atoms with E-state index in [0.717, 1.165) is 54.5 Å². The average molecular weight is 510 g/mol. The highest BCUT2D eigenvalue weighted by atomic mass is 79.9. The molecule has 0 saturated heterocycles. The van der Waals surface area contributed by atoms with Crippen LogP contribution in [0.3, 0.4) is 0 Å². The summed E-state index contributed by atoms with van der Waals surface area (Å²) in [7, 11) is 0. The Balaban J connectivity index is 1.47. The first-order chi connectivity index (χ1) is 16.0. The van der Waals surface area contributed by atoms with Crippen molar-refractivity contribution < 1.29 is 9.18 Å². The molecule has 1 fully saturated rings. The first kappa shape index (κ1) is 23.3. The number of hydrogen-bond donors (Lipinski definition) is 2. The predicted octanol–water partition coefficient (Wildman–Crippen LogP) is 7.57. The third-order valence-corrected chi connectivity index (χ3v) is 6.32. The quantitative estimate of drug-likeness (QED) is 0.312. The summed E-state index contributed by atoms with van der Waals surface area (Å²) in [6.45, 7) is 3.86. The number of urea groups is 1. The Hall–Kier alpha value is -2.86. The largest absolute Gasteiger partial charge is 0.370 e. The molecule has 4 rings (SSSR count). The Kier molecular flexibility index (Phi) is 7.65. The second kappa shape index (κ2) is 10.8. The van der Waals surface area contributed by atoms with Crippen LogP contribution in [-0.4, -0.2) is 19.1 Å². The van der Waals surface area contributed by atoms with Gasteiger partial charge >= 0.3 is 6.03 Å². The van der Waals surface area contributed by atoms with Crippen molar-refractivity contribution in [3.63, 3.8) is 0 Å². The van der Waals surface area contributed by atoms with Crippen molar-refractivity contribution in [1.29, 1.82) is 0 Å². The molecule has 0 aromatic heterocycles. The van der Waals surface area contributed by atoms with Crippen molar-refractivity contribution in [2.45, 2.75) is 38.5 Å². The summed E-state index contributed by atoms with van der Waals surface area (Å²) in [6, 6.07) is 20.8. The number of halogens is 2. The van der Waals surface area contributed by atoms with Crippen LogP contribution in [0.25, 0.3) is 0 Å². The second-order valence-corrected chi connectivity index (χ2v) is 9.39. The molecule has 1 aliphatic rings. The van der Waals surface area contributed by atoms with Crippen molar-refractivity contribution in [1.82, 2.24) is 0 Å². The number of amides is 2. The molecule has 33 heavy (non-hydrogen) atoms. The number of anilines is 3. The minimum Gasteiger partial charge on any atom is -0.370 e. The topological polar surface area (TPSA) is 44.4 Å². The molecule has 2 amide bonds. The van der Waals surface area contributed by atoms with Crippen LogP contribution in [0.15, 0.2) is 71.2 Å². The molecule has 1 aliphatic carbocycles. The van der Waals surface area contributed by atoms with Crippen LogP contribution in [0.4, 0.5) is 26.2 Å². The zero-order valence-corrected chi connectivity index (χ0v) is 20.4. The van der Waals surface area contributed by atoms with Crippen LogP contribution in [0.1, 0.15) is 43.2 Å². The molecular weight excluding hydrogens is 481 g/mol. The number of carbonyl (C=O) groups excluding carboxylic acids is 1. The summed E-state index contributed by atoms with van der Waals surface area (Å²) >= 11 is 3.51. The zero-order chi connectivity index (χ0) is 23.2. The first-order valence-electron chi connectivity index (χ1n) is 11.5. The van der Waals surface area contributed by atoms with Gasteiger partial charge < -0.3 is 15.5 Å². The fraction of sp³-hybridized carbons (Fsp3) is 0.296. The molecule has 6 heteroatoms. The summed E-state index contributed by atoms with van der Waals surface area (Å²) < 4.78 is 15.2. The minimum atomic E-state index is -0.396. The van der Waals surface area contributed by atoms with Crippen molar-refractivity contribution in [3.05, 3.63) is 88.1 Å². The van der Waals surface area contributed by atoms with Gasteiger partial charge in [-0.2, -0.15) is 0 Å². The van der Waals surface area contributed by atoms with Gasteiger partial charge in [0.1, 0.15) is 5.82 Å². The SMILES string of the molecule is CCCN(CCc1ccccc1)c1ccc(Br)cc1NC(=O)Nc1ccc(C2CC2)c(F)c1.